The number of imide groups is 2. The van der Waals surface area contributed by atoms with Gasteiger partial charge in [-0.15, -0.1) is 0 Å². The summed E-state index contributed by atoms with van der Waals surface area (Å²) >= 11 is 0. The summed E-state index contributed by atoms with van der Waals surface area (Å²) in [7, 11) is -8.64. The van der Waals surface area contributed by atoms with Crippen molar-refractivity contribution in [3.05, 3.63) is 59.2 Å². The van der Waals surface area contributed by atoms with Gasteiger partial charge in [0.2, 0.25) is 5.91 Å². The Hall–Kier alpha value is -3.97. The first-order valence-electron chi connectivity index (χ1n) is 27.7. The summed E-state index contributed by atoms with van der Waals surface area (Å²) in [4.78, 5) is 51.4. The average molecular weight is 1160 g/mol. The van der Waals surface area contributed by atoms with Gasteiger partial charge in [0.1, 0.15) is 19.8 Å². The van der Waals surface area contributed by atoms with Gasteiger partial charge in [0, 0.05) is 49.1 Å². The van der Waals surface area contributed by atoms with E-state index in [2.05, 4.69) is 44.6 Å². The smallest absolute Gasteiger partial charge is 0.329 e. The zero-order valence-electron chi connectivity index (χ0n) is 47.5. The SMILES string of the molecule is CCOCC[Si](C)(C)C.C[C@@H](CS(=O)(=O)CCCCCN1CC(=O)N(COCC[Si](C)(C)C)C1=O)c1ccc(F)c(OCC2CC2)c1.C[C@@H](CS(=O)(=O)CCCCCN1CC(=O)NC1=O)c1ccc(F)c(OCC2CC2)c1. The Bertz CT molecular complexity index is 2450. The van der Waals surface area contributed by atoms with Crippen molar-refractivity contribution in [1.29, 1.82) is 0 Å². The lowest BCUT2D eigenvalue weighted by Crippen LogP contribution is -2.35. The van der Waals surface area contributed by atoms with E-state index in [0.29, 0.717) is 83.3 Å². The molecule has 2 aliphatic heterocycles. The summed E-state index contributed by atoms with van der Waals surface area (Å²) in [5.41, 5.74) is 1.49. The van der Waals surface area contributed by atoms with Crippen LogP contribution in [0.1, 0.15) is 108 Å². The molecule has 6 rings (SSSR count). The van der Waals surface area contributed by atoms with Crippen LogP contribution >= 0.6 is 0 Å². The predicted octanol–water partition coefficient (Wildman–Crippen LogP) is 10.1. The number of benzene rings is 2. The van der Waals surface area contributed by atoms with Crippen LogP contribution in [0.3, 0.4) is 0 Å². The number of amides is 6. The van der Waals surface area contributed by atoms with E-state index in [1.165, 1.54) is 28.0 Å². The Balaban J connectivity index is 0.000000292. The highest BCUT2D eigenvalue weighted by molar-refractivity contribution is 7.91. The second kappa shape index (κ2) is 31.1. The zero-order chi connectivity index (χ0) is 57.0. The van der Waals surface area contributed by atoms with E-state index in [1.807, 2.05) is 20.8 Å². The maximum Gasteiger partial charge on any atom is 0.329 e. The van der Waals surface area contributed by atoms with Crippen molar-refractivity contribution in [1.82, 2.24) is 20.0 Å². The Morgan fingerprint density at radius 2 is 1.09 bits per heavy atom. The van der Waals surface area contributed by atoms with Crippen molar-refractivity contribution in [3.63, 3.8) is 0 Å². The molecule has 6 amide bonds. The molecule has 22 heteroatoms. The molecule has 1 N–H and O–H groups in total. The largest absolute Gasteiger partial charge is 0.490 e. The van der Waals surface area contributed by atoms with Crippen LogP contribution < -0.4 is 14.8 Å². The highest BCUT2D eigenvalue weighted by Gasteiger charge is 2.36. The zero-order valence-corrected chi connectivity index (χ0v) is 51.1. The number of nitrogens with one attached hydrogen (secondary N) is 1. The van der Waals surface area contributed by atoms with Crippen molar-refractivity contribution in [2.75, 3.05) is 89.0 Å². The molecular formula is C55H90F2N4O12S2Si2. The fraction of sp³-hybridized carbons (Fsp3) is 0.709. The van der Waals surface area contributed by atoms with Crippen molar-refractivity contribution in [2.24, 2.45) is 11.8 Å². The molecule has 4 fully saturated rings. The average Bonchev–Trinajstić information content (AvgIpc) is 4.28. The van der Waals surface area contributed by atoms with Crippen LogP contribution in [0.2, 0.25) is 51.4 Å². The van der Waals surface area contributed by atoms with Gasteiger partial charge >= 0.3 is 12.1 Å². The van der Waals surface area contributed by atoms with Gasteiger partial charge in [-0.05, 0) is 129 Å². The molecule has 2 heterocycles. The van der Waals surface area contributed by atoms with Crippen molar-refractivity contribution in [2.45, 2.75) is 148 Å². The minimum atomic E-state index is -3.31. The van der Waals surface area contributed by atoms with Gasteiger partial charge in [-0.3, -0.25) is 14.9 Å². The normalized spacial score (nSPS) is 16.9. The molecule has 2 atom stereocenters. The maximum absolute atomic E-state index is 14.1. The number of hydrogen-bond donors (Lipinski definition) is 1. The van der Waals surface area contributed by atoms with Gasteiger partial charge in [-0.2, -0.15) is 0 Å². The third-order valence-corrected chi connectivity index (χ3v) is 20.8. The van der Waals surface area contributed by atoms with Gasteiger partial charge in [-0.1, -0.05) is 78.1 Å². The van der Waals surface area contributed by atoms with Gasteiger partial charge in [0.05, 0.1) is 36.2 Å². The van der Waals surface area contributed by atoms with Crippen LogP contribution in [0.4, 0.5) is 18.4 Å². The van der Waals surface area contributed by atoms with Gasteiger partial charge in [0.15, 0.2) is 42.8 Å². The molecule has 2 aliphatic carbocycles. The van der Waals surface area contributed by atoms with Crippen molar-refractivity contribution >= 4 is 59.7 Å². The molecule has 0 aromatic heterocycles. The van der Waals surface area contributed by atoms with E-state index in [9.17, 15) is 44.8 Å². The van der Waals surface area contributed by atoms with E-state index >= 15 is 0 Å². The Labute approximate surface area is 460 Å². The highest BCUT2D eigenvalue weighted by Crippen LogP contribution is 2.33. The fourth-order valence-corrected chi connectivity index (χ4v) is 13.2. The Morgan fingerprint density at radius 1 is 0.636 bits per heavy atom. The first-order valence-corrected chi connectivity index (χ1v) is 38.8. The standard InChI is InChI=1S/C27H43FN2O6SSi.C21H29FN2O5S.C7H18OSi/c1-21(23-10-11-24(28)25(16-23)36-18-22-8-9-22)19-37(33,34)14-7-5-6-12-29-17-26(31)30(27(29)32)20-35-13-15-38(2,3)4;1-15(17-7-8-18(22)19(11-17)29-13-16-5-6-16)14-30(27,28)10-4-2-3-9-24-12-20(25)23-21(24)26;1-5-8-6-7-9(2,3)4/h10-11,16,21-22H,5-9,12-15,17-20H2,1-4H3;7-8,11,15-16H,2-6,9-10,12-14H2,1H3,(H,23,25,26);5-7H2,1-4H3/t21-;15-;/m00./s1. The summed E-state index contributed by atoms with van der Waals surface area (Å²) in [5.74, 6) is -0.516. The number of ether oxygens (including phenoxy) is 4. The Morgan fingerprint density at radius 3 is 1.51 bits per heavy atom. The van der Waals surface area contributed by atoms with Crippen molar-refractivity contribution in [3.8, 4) is 11.5 Å². The lowest BCUT2D eigenvalue weighted by atomic mass is 10.0. The third-order valence-electron chi connectivity index (χ3n) is 13.6. The van der Waals surface area contributed by atoms with E-state index in [0.717, 1.165) is 61.0 Å². The van der Waals surface area contributed by atoms with Gasteiger partial charge in [0.25, 0.3) is 5.91 Å². The number of carbonyl (C=O) groups excluding carboxylic acids is 4. The number of carbonyl (C=O) groups is 4. The molecule has 77 heavy (non-hydrogen) atoms. The number of urea groups is 2. The molecule has 2 aromatic rings. The van der Waals surface area contributed by atoms with E-state index in [4.69, 9.17) is 18.9 Å². The molecule has 2 saturated heterocycles. The summed E-state index contributed by atoms with van der Waals surface area (Å²) in [6, 6.07) is 10.7. The summed E-state index contributed by atoms with van der Waals surface area (Å²) in [6.07, 6.45) is 7.96. The number of hydrogen-bond acceptors (Lipinski definition) is 12. The third kappa shape index (κ3) is 26.2. The van der Waals surface area contributed by atoms with Crippen LogP contribution in [-0.2, 0) is 38.7 Å². The number of nitrogens with zero attached hydrogens (tertiary/aromatic N) is 3. The van der Waals surface area contributed by atoms with Gasteiger partial charge < -0.3 is 28.7 Å². The summed E-state index contributed by atoms with van der Waals surface area (Å²) < 4.78 is 100. The molecule has 0 unspecified atom stereocenters. The predicted molar refractivity (Wildman–Crippen MR) is 304 cm³/mol. The maximum atomic E-state index is 14.1. The topological polar surface area (TPSA) is 195 Å². The van der Waals surface area contributed by atoms with Crippen LogP contribution in [0.25, 0.3) is 0 Å². The second-order valence-electron chi connectivity index (χ2n) is 23.7. The summed E-state index contributed by atoms with van der Waals surface area (Å²) in [5, 5.41) is 2.21. The van der Waals surface area contributed by atoms with Crippen LogP contribution in [0.5, 0.6) is 11.5 Å². The minimum absolute atomic E-state index is 0.0102. The Kier molecular flexibility index (Phi) is 26.5. The molecule has 4 aliphatic rings. The molecule has 0 spiro atoms. The molecule has 436 valence electrons. The van der Waals surface area contributed by atoms with E-state index in [1.54, 1.807) is 24.3 Å². The highest BCUT2D eigenvalue weighted by atomic mass is 32.2. The first-order chi connectivity index (χ1) is 36.1. The summed E-state index contributed by atoms with van der Waals surface area (Å²) in [6.45, 7) is 23.8. The molecular weight excluding hydrogens is 1070 g/mol. The molecule has 2 aromatic carbocycles. The molecule has 16 nitrogen and oxygen atoms in total. The monoisotopic (exact) mass is 1160 g/mol. The number of rotatable bonds is 33. The van der Waals surface area contributed by atoms with Crippen LogP contribution in [0.15, 0.2) is 36.4 Å². The van der Waals surface area contributed by atoms with Crippen LogP contribution in [0, 0.1) is 23.5 Å². The van der Waals surface area contributed by atoms with E-state index < -0.39 is 47.5 Å². The van der Waals surface area contributed by atoms with E-state index in [-0.39, 0.29) is 90.0 Å². The second-order valence-corrected chi connectivity index (χ2v) is 39.4. The van der Waals surface area contributed by atoms with Crippen molar-refractivity contribution < 1.29 is 63.7 Å². The minimum Gasteiger partial charge on any atom is -0.490 e. The molecule has 2 saturated carbocycles. The quantitative estimate of drug-likeness (QED) is 0.0404. The number of unbranched alkanes of at least 4 members (excludes halogenated alkanes) is 4. The molecule has 0 radical (unpaired) electrons. The number of halogens is 2. The number of sulfone groups is 2. The first kappa shape index (κ1) is 65.6. The fourth-order valence-electron chi connectivity index (χ4n) is 8.20. The van der Waals surface area contributed by atoms with Crippen LogP contribution in [-0.4, -0.2) is 161 Å². The molecule has 0 bridgehead atoms. The lowest BCUT2D eigenvalue weighted by Gasteiger charge is -2.19. The lowest BCUT2D eigenvalue weighted by molar-refractivity contribution is -0.129. The van der Waals surface area contributed by atoms with Gasteiger partial charge in [-0.25, -0.2) is 40.1 Å².